The van der Waals surface area contributed by atoms with Crippen molar-refractivity contribution in [3.8, 4) is 5.75 Å². The molecule has 94 valence electrons. The third-order valence-electron chi connectivity index (χ3n) is 3.02. The van der Waals surface area contributed by atoms with Gasteiger partial charge in [0, 0.05) is 6.04 Å². The van der Waals surface area contributed by atoms with Crippen molar-refractivity contribution in [1.82, 2.24) is 5.43 Å². The van der Waals surface area contributed by atoms with Crippen molar-refractivity contribution < 1.29 is 4.74 Å². The topological polar surface area (TPSA) is 47.3 Å². The molecule has 1 atom stereocenters. The third-order valence-corrected chi connectivity index (χ3v) is 3.02. The number of hydrogen-bond donors (Lipinski definition) is 2. The molecule has 2 rings (SSSR count). The van der Waals surface area contributed by atoms with Gasteiger partial charge in [-0.2, -0.15) is 0 Å². The van der Waals surface area contributed by atoms with Gasteiger partial charge in [0.25, 0.3) is 0 Å². The SMILES string of the molecule is CC(C)CC(NN)c1ccc(OC2CC2)cc1. The maximum Gasteiger partial charge on any atom is 0.119 e. The largest absolute Gasteiger partial charge is 0.490 e. The second-order valence-electron chi connectivity index (χ2n) is 5.24. The first-order valence-electron chi connectivity index (χ1n) is 6.41. The molecule has 0 saturated heterocycles. The summed E-state index contributed by atoms with van der Waals surface area (Å²) in [6.07, 6.45) is 3.89. The molecule has 0 aliphatic heterocycles. The summed E-state index contributed by atoms with van der Waals surface area (Å²) in [5.41, 5.74) is 4.11. The van der Waals surface area contributed by atoms with E-state index in [4.69, 9.17) is 10.6 Å². The molecule has 1 aliphatic carbocycles. The highest BCUT2D eigenvalue weighted by atomic mass is 16.5. The van der Waals surface area contributed by atoms with E-state index in [-0.39, 0.29) is 6.04 Å². The van der Waals surface area contributed by atoms with Gasteiger partial charge in [-0.1, -0.05) is 26.0 Å². The second-order valence-corrected chi connectivity index (χ2v) is 5.24. The van der Waals surface area contributed by atoms with Gasteiger partial charge in [-0.25, -0.2) is 0 Å². The second kappa shape index (κ2) is 5.52. The Morgan fingerprint density at radius 2 is 1.94 bits per heavy atom. The van der Waals surface area contributed by atoms with E-state index in [1.54, 1.807) is 0 Å². The van der Waals surface area contributed by atoms with Crippen LogP contribution >= 0.6 is 0 Å². The summed E-state index contributed by atoms with van der Waals surface area (Å²) in [6, 6.07) is 8.51. The molecule has 0 amide bonds. The van der Waals surface area contributed by atoms with Crippen molar-refractivity contribution in [2.24, 2.45) is 11.8 Å². The summed E-state index contributed by atoms with van der Waals surface area (Å²) in [6.45, 7) is 4.41. The Balaban J connectivity index is 1.98. The molecule has 1 saturated carbocycles. The summed E-state index contributed by atoms with van der Waals surface area (Å²) in [7, 11) is 0. The lowest BCUT2D eigenvalue weighted by atomic mass is 9.97. The molecule has 3 nitrogen and oxygen atoms in total. The first-order chi connectivity index (χ1) is 8.19. The molecule has 0 spiro atoms. The first kappa shape index (κ1) is 12.4. The van der Waals surface area contributed by atoms with E-state index in [9.17, 15) is 0 Å². The number of ether oxygens (including phenoxy) is 1. The van der Waals surface area contributed by atoms with Crippen LogP contribution in [0.3, 0.4) is 0 Å². The fraction of sp³-hybridized carbons (Fsp3) is 0.571. The zero-order valence-corrected chi connectivity index (χ0v) is 10.6. The van der Waals surface area contributed by atoms with Crippen LogP contribution in [-0.2, 0) is 0 Å². The van der Waals surface area contributed by atoms with Gasteiger partial charge >= 0.3 is 0 Å². The van der Waals surface area contributed by atoms with E-state index < -0.39 is 0 Å². The molecule has 0 bridgehead atoms. The van der Waals surface area contributed by atoms with Crippen molar-refractivity contribution in [2.45, 2.75) is 45.3 Å². The summed E-state index contributed by atoms with van der Waals surface area (Å²) < 4.78 is 5.72. The fourth-order valence-electron chi connectivity index (χ4n) is 1.93. The number of hydrogen-bond acceptors (Lipinski definition) is 3. The van der Waals surface area contributed by atoms with Gasteiger partial charge in [0.15, 0.2) is 0 Å². The molecule has 17 heavy (non-hydrogen) atoms. The average Bonchev–Trinajstić information content (AvgIpc) is 3.11. The van der Waals surface area contributed by atoms with E-state index in [0.29, 0.717) is 12.0 Å². The number of nitrogens with one attached hydrogen (secondary N) is 1. The quantitative estimate of drug-likeness (QED) is 0.587. The molecular weight excluding hydrogens is 212 g/mol. The van der Waals surface area contributed by atoms with Crippen molar-refractivity contribution in [1.29, 1.82) is 0 Å². The van der Waals surface area contributed by atoms with Gasteiger partial charge < -0.3 is 4.74 Å². The van der Waals surface area contributed by atoms with Gasteiger partial charge in [0.2, 0.25) is 0 Å². The third kappa shape index (κ3) is 3.72. The average molecular weight is 234 g/mol. The Hall–Kier alpha value is -1.06. The number of hydrazine groups is 1. The summed E-state index contributed by atoms with van der Waals surface area (Å²) in [4.78, 5) is 0. The maximum absolute atomic E-state index is 5.72. The van der Waals surface area contributed by atoms with Crippen molar-refractivity contribution >= 4 is 0 Å². The number of benzene rings is 1. The van der Waals surface area contributed by atoms with Crippen LogP contribution in [0.2, 0.25) is 0 Å². The zero-order chi connectivity index (χ0) is 12.3. The Bertz CT molecular complexity index is 344. The Morgan fingerprint density at radius 3 is 2.41 bits per heavy atom. The minimum Gasteiger partial charge on any atom is -0.490 e. The number of nitrogens with two attached hydrogens (primary N) is 1. The van der Waals surface area contributed by atoms with Crippen LogP contribution in [-0.4, -0.2) is 6.10 Å². The minimum absolute atomic E-state index is 0.227. The molecule has 1 fully saturated rings. The lowest BCUT2D eigenvalue weighted by Gasteiger charge is -2.18. The van der Waals surface area contributed by atoms with Crippen LogP contribution in [0.15, 0.2) is 24.3 Å². The van der Waals surface area contributed by atoms with E-state index in [2.05, 4.69) is 31.4 Å². The Morgan fingerprint density at radius 1 is 1.29 bits per heavy atom. The van der Waals surface area contributed by atoms with Gasteiger partial charge in [-0.15, -0.1) is 0 Å². The van der Waals surface area contributed by atoms with Gasteiger partial charge in [-0.05, 0) is 42.9 Å². The highest BCUT2D eigenvalue weighted by Gasteiger charge is 2.23. The van der Waals surface area contributed by atoms with Gasteiger partial charge in [0.05, 0.1) is 6.10 Å². The van der Waals surface area contributed by atoms with Crippen LogP contribution in [0.4, 0.5) is 0 Å². The van der Waals surface area contributed by atoms with E-state index in [1.165, 1.54) is 18.4 Å². The Labute approximate surface area is 103 Å². The summed E-state index contributed by atoms with van der Waals surface area (Å²) in [5, 5.41) is 0. The zero-order valence-electron chi connectivity index (χ0n) is 10.6. The number of rotatable bonds is 6. The molecule has 0 heterocycles. The molecule has 3 heteroatoms. The first-order valence-corrected chi connectivity index (χ1v) is 6.41. The molecule has 0 radical (unpaired) electrons. The van der Waals surface area contributed by atoms with Crippen LogP contribution in [0.5, 0.6) is 5.75 Å². The molecule has 1 aliphatic rings. The van der Waals surface area contributed by atoms with Crippen LogP contribution < -0.4 is 16.0 Å². The van der Waals surface area contributed by atoms with Crippen molar-refractivity contribution in [3.63, 3.8) is 0 Å². The van der Waals surface area contributed by atoms with Crippen molar-refractivity contribution in [3.05, 3.63) is 29.8 Å². The molecule has 3 N–H and O–H groups in total. The van der Waals surface area contributed by atoms with Gasteiger partial charge in [-0.3, -0.25) is 11.3 Å². The smallest absolute Gasteiger partial charge is 0.119 e. The highest BCUT2D eigenvalue weighted by molar-refractivity contribution is 5.29. The van der Waals surface area contributed by atoms with Crippen LogP contribution in [0.25, 0.3) is 0 Å². The van der Waals surface area contributed by atoms with E-state index >= 15 is 0 Å². The van der Waals surface area contributed by atoms with E-state index in [0.717, 1.165) is 12.2 Å². The summed E-state index contributed by atoms with van der Waals surface area (Å²) >= 11 is 0. The monoisotopic (exact) mass is 234 g/mol. The molecule has 0 aromatic heterocycles. The molecule has 1 aromatic rings. The summed E-state index contributed by atoms with van der Waals surface area (Å²) in [5.74, 6) is 7.19. The Kier molecular flexibility index (Phi) is 4.02. The molecular formula is C14H22N2O. The maximum atomic E-state index is 5.72. The van der Waals surface area contributed by atoms with E-state index in [1.807, 2.05) is 12.1 Å². The van der Waals surface area contributed by atoms with Crippen LogP contribution in [0, 0.1) is 5.92 Å². The predicted octanol–water partition coefficient (Wildman–Crippen LogP) is 2.78. The molecule has 1 unspecified atom stereocenters. The van der Waals surface area contributed by atoms with Gasteiger partial charge in [0.1, 0.15) is 5.75 Å². The van der Waals surface area contributed by atoms with Crippen molar-refractivity contribution in [2.75, 3.05) is 0 Å². The predicted molar refractivity (Wildman–Crippen MR) is 69.6 cm³/mol. The highest BCUT2D eigenvalue weighted by Crippen LogP contribution is 2.28. The van der Waals surface area contributed by atoms with Crippen LogP contribution in [0.1, 0.15) is 44.7 Å². The lowest BCUT2D eigenvalue weighted by Crippen LogP contribution is -2.29. The normalized spacial score (nSPS) is 17.2. The standard InChI is InChI=1S/C14H22N2O/c1-10(2)9-14(16-15)11-3-5-12(6-4-11)17-13-7-8-13/h3-6,10,13-14,16H,7-9,15H2,1-2H3. The minimum atomic E-state index is 0.227. The molecule has 1 aromatic carbocycles. The lowest BCUT2D eigenvalue weighted by molar-refractivity contribution is 0.303. The fourth-order valence-corrected chi connectivity index (χ4v) is 1.93.